The smallest absolute Gasteiger partial charge is 0.305 e. The van der Waals surface area contributed by atoms with Gasteiger partial charge in [0.15, 0.2) is 0 Å². The Balaban J connectivity index is 0. The maximum Gasteiger partial charge on any atom is 0.305 e. The van der Waals surface area contributed by atoms with Crippen LogP contribution in [0, 0.1) is 5.92 Å². The van der Waals surface area contributed by atoms with Gasteiger partial charge < -0.3 is 30.6 Å². The standard InChI is InChI=1S/C47H96N4O3.CH2O2/c1-4-7-10-13-16-25-32-42-54-47(53)37-29-22-18-24-31-39-50(40-33-41-51(49)43-46(48)44-52)38-30-23-17-21-28-36-45(34-26-19-14-11-8-5-2)35-27-20-15-12-9-6-3;2-1-3/h43,45,52H,4-42,44,48-49H2,1-3H3;1H,(H,2,3)/b46-43-;. The van der Waals surface area contributed by atoms with Gasteiger partial charge in [-0.2, -0.15) is 0 Å². The Morgan fingerprint density at radius 2 is 0.930 bits per heavy atom. The minimum absolute atomic E-state index is 0.0159. The number of ether oxygens (including phenoxy) is 1. The van der Waals surface area contributed by atoms with Crippen molar-refractivity contribution >= 4 is 12.4 Å². The Kier molecular flexibility index (Phi) is 48.7. The number of carbonyl (C=O) groups excluding carboxylic acids is 1. The van der Waals surface area contributed by atoms with E-state index < -0.39 is 0 Å². The highest BCUT2D eigenvalue weighted by Gasteiger charge is 2.10. The molecule has 0 aromatic rings. The molecule has 0 heterocycles. The molecular weight excluding hydrogens is 713 g/mol. The lowest BCUT2D eigenvalue weighted by Gasteiger charge is -2.24. The second-order valence-electron chi connectivity index (χ2n) is 16.8. The number of unbranched alkanes of at least 4 members (excludes halogenated alkanes) is 24. The maximum absolute atomic E-state index is 12.1. The zero-order chi connectivity index (χ0) is 42.3. The van der Waals surface area contributed by atoms with Gasteiger partial charge in [0.05, 0.1) is 18.9 Å². The van der Waals surface area contributed by atoms with E-state index in [0.717, 1.165) is 57.8 Å². The van der Waals surface area contributed by atoms with Gasteiger partial charge in [-0.25, -0.2) is 5.84 Å². The number of aliphatic hydroxyl groups is 1. The molecule has 0 aliphatic rings. The number of esters is 1. The molecule has 0 aromatic heterocycles. The molecule has 0 amide bonds. The third-order valence-electron chi connectivity index (χ3n) is 11.3. The molecule has 0 aliphatic heterocycles. The van der Waals surface area contributed by atoms with E-state index >= 15 is 0 Å². The van der Waals surface area contributed by atoms with E-state index in [1.165, 1.54) is 186 Å². The summed E-state index contributed by atoms with van der Waals surface area (Å²) in [6.45, 7) is 11.1. The first-order chi connectivity index (χ1) is 27.9. The fourth-order valence-corrected chi connectivity index (χ4v) is 7.74. The minimum Gasteiger partial charge on any atom is -0.483 e. The molecule has 9 nitrogen and oxygen atoms in total. The molecule has 0 spiro atoms. The summed E-state index contributed by atoms with van der Waals surface area (Å²) in [5, 5.41) is 17.7. The monoisotopic (exact) mass is 811 g/mol. The van der Waals surface area contributed by atoms with Crippen LogP contribution in [0.15, 0.2) is 11.9 Å². The Bertz CT molecular complexity index is 830. The van der Waals surface area contributed by atoms with Gasteiger partial charge in [-0.3, -0.25) is 9.59 Å². The average molecular weight is 811 g/mol. The number of nitrogens with two attached hydrogens (primary N) is 2. The lowest BCUT2D eigenvalue weighted by Crippen LogP contribution is -2.33. The molecule has 0 bridgehead atoms. The first-order valence-corrected chi connectivity index (χ1v) is 24.4. The summed E-state index contributed by atoms with van der Waals surface area (Å²) in [5.74, 6) is 7.03. The summed E-state index contributed by atoms with van der Waals surface area (Å²) >= 11 is 0. The molecule has 0 saturated heterocycles. The van der Waals surface area contributed by atoms with Crippen LogP contribution in [0.2, 0.25) is 0 Å². The number of rotatable bonds is 44. The van der Waals surface area contributed by atoms with Gasteiger partial charge in [0.25, 0.3) is 6.47 Å². The van der Waals surface area contributed by atoms with Crippen molar-refractivity contribution in [3.05, 3.63) is 11.9 Å². The molecule has 57 heavy (non-hydrogen) atoms. The Morgan fingerprint density at radius 1 is 0.561 bits per heavy atom. The summed E-state index contributed by atoms with van der Waals surface area (Å²) in [7, 11) is 0. The third-order valence-corrected chi connectivity index (χ3v) is 11.3. The SMILES string of the molecule is CCCCCCCCCOC(=O)CCCCCCCN(CCCCCCCC(CCCCCCCC)CCCCCCCC)CCCN(N)/C=C(\N)CO.O=CO. The molecule has 0 rings (SSSR count). The number of aliphatic hydroxyl groups excluding tert-OH is 1. The fraction of sp³-hybridized carbons (Fsp3) is 0.917. The lowest BCUT2D eigenvalue weighted by atomic mass is 9.89. The van der Waals surface area contributed by atoms with Crippen molar-refractivity contribution in [3.8, 4) is 0 Å². The van der Waals surface area contributed by atoms with Crippen LogP contribution in [0.5, 0.6) is 0 Å². The van der Waals surface area contributed by atoms with Gasteiger partial charge in [-0.05, 0) is 57.7 Å². The van der Waals surface area contributed by atoms with E-state index in [9.17, 15) is 9.90 Å². The number of hydrogen-bond donors (Lipinski definition) is 4. The van der Waals surface area contributed by atoms with Crippen LogP contribution in [0.3, 0.4) is 0 Å². The number of carboxylic acid groups (broad SMARTS) is 1. The lowest BCUT2D eigenvalue weighted by molar-refractivity contribution is -0.143. The molecule has 0 unspecified atom stereocenters. The number of nitrogens with zero attached hydrogens (tertiary/aromatic N) is 2. The van der Waals surface area contributed by atoms with Crippen molar-refractivity contribution in [2.45, 2.75) is 239 Å². The Morgan fingerprint density at radius 3 is 1.37 bits per heavy atom. The van der Waals surface area contributed by atoms with Crippen molar-refractivity contribution in [1.82, 2.24) is 9.91 Å². The molecule has 0 aliphatic carbocycles. The van der Waals surface area contributed by atoms with Crippen molar-refractivity contribution in [2.24, 2.45) is 17.5 Å². The van der Waals surface area contributed by atoms with Crippen LogP contribution >= 0.6 is 0 Å². The van der Waals surface area contributed by atoms with Gasteiger partial charge >= 0.3 is 5.97 Å². The van der Waals surface area contributed by atoms with Crippen molar-refractivity contribution < 1.29 is 24.5 Å². The van der Waals surface area contributed by atoms with Gasteiger partial charge in [-0.1, -0.05) is 201 Å². The van der Waals surface area contributed by atoms with E-state index in [2.05, 4.69) is 25.7 Å². The minimum atomic E-state index is -0.250. The van der Waals surface area contributed by atoms with Gasteiger partial charge in [-0.15, -0.1) is 0 Å². The van der Waals surface area contributed by atoms with E-state index in [0.29, 0.717) is 18.7 Å². The third kappa shape index (κ3) is 46.7. The summed E-state index contributed by atoms with van der Waals surface area (Å²) in [4.78, 5) is 23.1. The molecular formula is C48H98N4O5. The van der Waals surface area contributed by atoms with Crippen molar-refractivity contribution in [2.75, 3.05) is 39.4 Å². The molecule has 0 atom stereocenters. The topological polar surface area (TPSA) is 142 Å². The summed E-state index contributed by atoms with van der Waals surface area (Å²) in [6.07, 6.45) is 45.6. The summed E-state index contributed by atoms with van der Waals surface area (Å²) in [6, 6.07) is 0. The zero-order valence-electron chi connectivity index (χ0n) is 38.2. The average Bonchev–Trinajstić information content (AvgIpc) is 3.20. The fourth-order valence-electron chi connectivity index (χ4n) is 7.74. The largest absolute Gasteiger partial charge is 0.483 e. The van der Waals surface area contributed by atoms with Crippen LogP contribution in [-0.2, 0) is 14.3 Å². The molecule has 0 fully saturated rings. The number of hydrazine groups is 1. The van der Waals surface area contributed by atoms with Crippen LogP contribution in [0.25, 0.3) is 0 Å². The number of carbonyl (C=O) groups is 2. The molecule has 0 radical (unpaired) electrons. The van der Waals surface area contributed by atoms with Crippen LogP contribution in [0.1, 0.15) is 239 Å². The van der Waals surface area contributed by atoms with Crippen LogP contribution < -0.4 is 11.6 Å². The predicted molar refractivity (Wildman–Crippen MR) is 244 cm³/mol. The van der Waals surface area contributed by atoms with Gasteiger partial charge in [0, 0.05) is 19.2 Å². The van der Waals surface area contributed by atoms with E-state index in [1.807, 2.05) is 0 Å². The van der Waals surface area contributed by atoms with Crippen LogP contribution in [0.4, 0.5) is 0 Å². The van der Waals surface area contributed by atoms with Crippen molar-refractivity contribution in [3.63, 3.8) is 0 Å². The quantitative estimate of drug-likeness (QED) is 0.0155. The zero-order valence-corrected chi connectivity index (χ0v) is 38.2. The van der Waals surface area contributed by atoms with Crippen LogP contribution in [-0.4, -0.2) is 72.0 Å². The number of hydrogen-bond acceptors (Lipinski definition) is 8. The van der Waals surface area contributed by atoms with Crippen molar-refractivity contribution in [1.29, 1.82) is 0 Å². The summed E-state index contributed by atoms with van der Waals surface area (Å²) < 4.78 is 5.46. The molecule has 340 valence electrons. The summed E-state index contributed by atoms with van der Waals surface area (Å²) in [5.41, 5.74) is 6.15. The first-order valence-electron chi connectivity index (χ1n) is 24.4. The highest BCUT2D eigenvalue weighted by atomic mass is 16.5. The second-order valence-corrected chi connectivity index (χ2v) is 16.8. The Hall–Kier alpha value is -1.84. The molecule has 0 aromatic carbocycles. The predicted octanol–water partition coefficient (Wildman–Crippen LogP) is 12.4. The highest BCUT2D eigenvalue weighted by molar-refractivity contribution is 5.69. The normalized spacial score (nSPS) is 11.6. The van der Waals surface area contributed by atoms with E-state index in [1.54, 1.807) is 11.2 Å². The highest BCUT2D eigenvalue weighted by Crippen LogP contribution is 2.25. The van der Waals surface area contributed by atoms with E-state index in [4.69, 9.17) is 26.2 Å². The van der Waals surface area contributed by atoms with Gasteiger partial charge in [0.1, 0.15) is 0 Å². The Labute approximate surface area is 353 Å². The maximum atomic E-state index is 12.1. The van der Waals surface area contributed by atoms with E-state index in [-0.39, 0.29) is 19.0 Å². The second kappa shape index (κ2) is 48.5. The molecule has 0 saturated carbocycles. The first kappa shape index (κ1) is 57.3. The molecule has 9 heteroatoms. The molecule has 6 N–H and O–H groups in total. The van der Waals surface area contributed by atoms with Gasteiger partial charge in [0.2, 0.25) is 0 Å².